The normalized spacial score (nSPS) is 16.8. The number of carbonyl (C=O) groups excluding carboxylic acids is 1. The molecule has 1 aromatic rings. The summed E-state index contributed by atoms with van der Waals surface area (Å²) in [7, 11) is 1.41. The number of likely N-dealkylation sites (N-methyl/N-ethyl adjacent to an activating group) is 1. The summed E-state index contributed by atoms with van der Waals surface area (Å²) in [6.07, 6.45) is 0. The zero-order chi connectivity index (χ0) is 13.3. The number of carbonyl (C=O) groups is 1. The van der Waals surface area contributed by atoms with E-state index in [-0.39, 0.29) is 11.5 Å². The van der Waals surface area contributed by atoms with E-state index < -0.39 is 0 Å². The van der Waals surface area contributed by atoms with Gasteiger partial charge in [0.2, 0.25) is 0 Å². The van der Waals surface area contributed by atoms with Gasteiger partial charge in [0.1, 0.15) is 0 Å². The van der Waals surface area contributed by atoms with Crippen LogP contribution in [0.3, 0.4) is 0 Å². The fourth-order valence-electron chi connectivity index (χ4n) is 2.44. The molecule has 0 fully saturated rings. The van der Waals surface area contributed by atoms with Crippen molar-refractivity contribution in [2.45, 2.75) is 26.3 Å². The molecule has 0 saturated heterocycles. The van der Waals surface area contributed by atoms with Crippen molar-refractivity contribution in [3.8, 4) is 0 Å². The van der Waals surface area contributed by atoms with Gasteiger partial charge in [-0.1, -0.05) is 6.07 Å². The molecule has 0 bridgehead atoms. The lowest BCUT2D eigenvalue weighted by Crippen LogP contribution is -2.48. The lowest BCUT2D eigenvalue weighted by Gasteiger charge is -2.42. The van der Waals surface area contributed by atoms with Crippen LogP contribution in [0.4, 0.5) is 11.4 Å². The molecular weight excluding hydrogens is 228 g/mol. The quantitative estimate of drug-likeness (QED) is 0.816. The van der Waals surface area contributed by atoms with Crippen LogP contribution in [0.1, 0.15) is 31.1 Å². The van der Waals surface area contributed by atoms with Gasteiger partial charge in [-0.3, -0.25) is 0 Å². The summed E-state index contributed by atoms with van der Waals surface area (Å²) in [5.41, 5.74) is 2.48. The fourth-order valence-corrected chi connectivity index (χ4v) is 2.44. The van der Waals surface area contributed by atoms with Crippen LogP contribution >= 0.6 is 0 Å². The van der Waals surface area contributed by atoms with Gasteiger partial charge in [0.05, 0.1) is 24.0 Å². The average Bonchev–Trinajstić information content (AvgIpc) is 2.35. The number of fused-ring (bicyclic) bond motifs is 1. The maximum atomic E-state index is 11.8. The highest BCUT2D eigenvalue weighted by Crippen LogP contribution is 2.37. The van der Waals surface area contributed by atoms with E-state index in [1.165, 1.54) is 7.11 Å². The molecule has 0 unspecified atom stereocenters. The van der Waals surface area contributed by atoms with Gasteiger partial charge in [0.15, 0.2) is 0 Å². The van der Waals surface area contributed by atoms with Crippen LogP contribution in [0.15, 0.2) is 18.2 Å². The van der Waals surface area contributed by atoms with Crippen LogP contribution in [-0.4, -0.2) is 31.7 Å². The van der Waals surface area contributed by atoms with Crippen molar-refractivity contribution >= 4 is 17.3 Å². The number of nitrogens with one attached hydrogen (secondary N) is 1. The molecule has 0 spiro atoms. The zero-order valence-electron chi connectivity index (χ0n) is 11.4. The first kappa shape index (κ1) is 12.7. The molecule has 0 aliphatic carbocycles. The predicted molar refractivity (Wildman–Crippen MR) is 73.4 cm³/mol. The summed E-state index contributed by atoms with van der Waals surface area (Å²) < 4.78 is 4.84. The molecule has 0 saturated carbocycles. The Labute approximate surface area is 108 Å². The molecule has 1 aliphatic heterocycles. The molecule has 4 nitrogen and oxygen atoms in total. The Hall–Kier alpha value is -1.71. The minimum Gasteiger partial charge on any atom is -0.465 e. The van der Waals surface area contributed by atoms with Gasteiger partial charge < -0.3 is 15.0 Å². The number of methoxy groups -OCH3 is 1. The van der Waals surface area contributed by atoms with E-state index in [4.69, 9.17) is 4.74 Å². The SMILES string of the molecule is CCN1CC(C)(C)Nc2c(C(=O)OC)cccc21. The van der Waals surface area contributed by atoms with E-state index in [2.05, 4.69) is 31.0 Å². The summed E-state index contributed by atoms with van der Waals surface area (Å²) >= 11 is 0. The third-order valence-corrected chi connectivity index (χ3v) is 3.22. The number of hydrogen-bond donors (Lipinski definition) is 1. The third-order valence-electron chi connectivity index (χ3n) is 3.22. The fraction of sp³-hybridized carbons (Fsp3) is 0.500. The van der Waals surface area contributed by atoms with Crippen molar-refractivity contribution in [2.24, 2.45) is 0 Å². The number of esters is 1. The zero-order valence-corrected chi connectivity index (χ0v) is 11.4. The van der Waals surface area contributed by atoms with E-state index in [1.54, 1.807) is 6.07 Å². The molecule has 18 heavy (non-hydrogen) atoms. The number of hydrogen-bond acceptors (Lipinski definition) is 4. The van der Waals surface area contributed by atoms with Gasteiger partial charge in [-0.25, -0.2) is 4.79 Å². The highest BCUT2D eigenvalue weighted by atomic mass is 16.5. The van der Waals surface area contributed by atoms with E-state index >= 15 is 0 Å². The number of rotatable bonds is 2. The van der Waals surface area contributed by atoms with Gasteiger partial charge in [-0.05, 0) is 32.9 Å². The molecule has 1 heterocycles. The Kier molecular flexibility index (Phi) is 3.20. The summed E-state index contributed by atoms with van der Waals surface area (Å²) in [5.74, 6) is -0.298. The molecule has 1 aromatic carbocycles. The monoisotopic (exact) mass is 248 g/mol. The number of nitrogens with zero attached hydrogens (tertiary/aromatic N) is 1. The van der Waals surface area contributed by atoms with E-state index in [0.717, 1.165) is 24.5 Å². The molecule has 1 N–H and O–H groups in total. The van der Waals surface area contributed by atoms with Crippen LogP contribution in [0.2, 0.25) is 0 Å². The van der Waals surface area contributed by atoms with Crippen molar-refractivity contribution in [1.29, 1.82) is 0 Å². The number of benzene rings is 1. The van der Waals surface area contributed by atoms with Crippen molar-refractivity contribution < 1.29 is 9.53 Å². The maximum absolute atomic E-state index is 11.8. The molecule has 1 aliphatic rings. The molecular formula is C14H20N2O2. The highest BCUT2D eigenvalue weighted by molar-refractivity contribution is 6.00. The van der Waals surface area contributed by atoms with Crippen LogP contribution in [-0.2, 0) is 4.74 Å². The molecule has 4 heteroatoms. The van der Waals surface area contributed by atoms with Crippen molar-refractivity contribution in [3.05, 3.63) is 23.8 Å². The van der Waals surface area contributed by atoms with Crippen molar-refractivity contribution in [2.75, 3.05) is 30.4 Å². The first-order valence-electron chi connectivity index (χ1n) is 6.23. The van der Waals surface area contributed by atoms with Crippen LogP contribution in [0.25, 0.3) is 0 Å². The average molecular weight is 248 g/mol. The number of para-hydroxylation sites is 1. The predicted octanol–water partition coefficient (Wildman–Crippen LogP) is 2.50. The minimum atomic E-state index is -0.298. The van der Waals surface area contributed by atoms with Gasteiger partial charge in [0, 0.05) is 18.6 Å². The summed E-state index contributed by atoms with van der Waals surface area (Å²) in [6, 6.07) is 5.73. The molecule has 0 aromatic heterocycles. The van der Waals surface area contributed by atoms with Gasteiger partial charge in [0.25, 0.3) is 0 Å². The molecule has 0 radical (unpaired) electrons. The number of ether oxygens (including phenoxy) is 1. The van der Waals surface area contributed by atoms with Gasteiger partial charge >= 0.3 is 5.97 Å². The lowest BCUT2D eigenvalue weighted by atomic mass is 9.97. The molecule has 0 atom stereocenters. The van der Waals surface area contributed by atoms with E-state index in [0.29, 0.717) is 5.56 Å². The second kappa shape index (κ2) is 4.52. The van der Waals surface area contributed by atoms with Crippen LogP contribution < -0.4 is 10.2 Å². The smallest absolute Gasteiger partial charge is 0.340 e. The molecule has 2 rings (SSSR count). The Bertz CT molecular complexity index is 469. The third kappa shape index (κ3) is 2.15. The standard InChI is InChI=1S/C14H20N2O2/c1-5-16-9-14(2,3)15-12-10(13(17)18-4)7-6-8-11(12)16/h6-8,15H,5,9H2,1-4H3. The Morgan fingerprint density at radius 2 is 2.22 bits per heavy atom. The summed E-state index contributed by atoms with van der Waals surface area (Å²) in [5, 5.41) is 3.44. The Balaban J connectivity index is 2.53. The first-order valence-corrected chi connectivity index (χ1v) is 6.23. The van der Waals surface area contributed by atoms with Gasteiger partial charge in [-0.15, -0.1) is 0 Å². The topological polar surface area (TPSA) is 41.6 Å². The summed E-state index contributed by atoms with van der Waals surface area (Å²) in [6.45, 7) is 8.22. The minimum absolute atomic E-state index is 0.0624. The largest absolute Gasteiger partial charge is 0.465 e. The molecule has 0 amide bonds. The molecule has 98 valence electrons. The second-order valence-corrected chi connectivity index (χ2v) is 5.21. The number of anilines is 2. The maximum Gasteiger partial charge on any atom is 0.340 e. The van der Waals surface area contributed by atoms with E-state index in [1.807, 2.05) is 12.1 Å². The van der Waals surface area contributed by atoms with Crippen molar-refractivity contribution in [3.63, 3.8) is 0 Å². The van der Waals surface area contributed by atoms with E-state index in [9.17, 15) is 4.79 Å². The lowest BCUT2D eigenvalue weighted by molar-refractivity contribution is 0.0601. The first-order chi connectivity index (χ1) is 8.48. The van der Waals surface area contributed by atoms with Crippen LogP contribution in [0.5, 0.6) is 0 Å². The summed E-state index contributed by atoms with van der Waals surface area (Å²) in [4.78, 5) is 14.1. The Morgan fingerprint density at radius 1 is 1.50 bits per heavy atom. The Morgan fingerprint density at radius 3 is 2.83 bits per heavy atom. The second-order valence-electron chi connectivity index (χ2n) is 5.21. The van der Waals surface area contributed by atoms with Gasteiger partial charge in [-0.2, -0.15) is 0 Å². The van der Waals surface area contributed by atoms with Crippen molar-refractivity contribution in [1.82, 2.24) is 0 Å². The van der Waals surface area contributed by atoms with Crippen LogP contribution in [0, 0.1) is 0 Å². The highest BCUT2D eigenvalue weighted by Gasteiger charge is 2.31.